The minimum Gasteiger partial charge on any atom is -0.340 e. The second-order valence-electron chi connectivity index (χ2n) is 4.41. The van der Waals surface area contributed by atoms with E-state index >= 15 is 0 Å². The number of piperidine rings is 1. The van der Waals surface area contributed by atoms with Gasteiger partial charge < -0.3 is 9.64 Å². The largest absolute Gasteiger partial charge is 0.340 e. The summed E-state index contributed by atoms with van der Waals surface area (Å²) >= 11 is 0. The van der Waals surface area contributed by atoms with Crippen molar-refractivity contribution in [2.45, 2.75) is 31.6 Å². The highest BCUT2D eigenvalue weighted by molar-refractivity contribution is 5.84. The SMILES string of the molecule is O=C1[C@@H](c2ccccc2)O[C@@H]2CCCCN12. The molecule has 0 spiro atoms. The molecule has 1 amide bonds. The van der Waals surface area contributed by atoms with E-state index in [9.17, 15) is 4.79 Å². The first kappa shape index (κ1) is 9.85. The van der Waals surface area contributed by atoms with Gasteiger partial charge in [0.25, 0.3) is 5.91 Å². The predicted molar refractivity (Wildman–Crippen MR) is 59.6 cm³/mol. The van der Waals surface area contributed by atoms with E-state index in [2.05, 4.69) is 0 Å². The fourth-order valence-corrected chi connectivity index (χ4v) is 2.51. The van der Waals surface area contributed by atoms with E-state index in [1.54, 1.807) is 0 Å². The molecule has 3 heteroatoms. The second kappa shape index (κ2) is 3.91. The van der Waals surface area contributed by atoms with E-state index in [0.717, 1.165) is 31.4 Å². The zero-order valence-electron chi connectivity index (χ0n) is 9.13. The summed E-state index contributed by atoms with van der Waals surface area (Å²) in [4.78, 5) is 14.0. The molecule has 2 aliphatic rings. The molecule has 2 heterocycles. The fraction of sp³-hybridized carbons (Fsp3) is 0.462. The molecule has 2 aliphatic heterocycles. The molecule has 2 fully saturated rings. The summed E-state index contributed by atoms with van der Waals surface area (Å²) in [5, 5.41) is 0. The van der Waals surface area contributed by atoms with E-state index in [-0.39, 0.29) is 18.2 Å². The highest BCUT2D eigenvalue weighted by atomic mass is 16.5. The third-order valence-corrected chi connectivity index (χ3v) is 3.35. The molecule has 1 aromatic carbocycles. The molecule has 0 N–H and O–H groups in total. The van der Waals surface area contributed by atoms with Gasteiger partial charge in [-0.05, 0) is 24.8 Å². The van der Waals surface area contributed by atoms with Crippen LogP contribution in [-0.4, -0.2) is 23.6 Å². The van der Waals surface area contributed by atoms with Crippen molar-refractivity contribution >= 4 is 5.91 Å². The number of ether oxygens (including phenoxy) is 1. The van der Waals surface area contributed by atoms with Gasteiger partial charge in [-0.3, -0.25) is 4.79 Å². The van der Waals surface area contributed by atoms with Gasteiger partial charge in [-0.15, -0.1) is 0 Å². The molecule has 16 heavy (non-hydrogen) atoms. The Bertz CT molecular complexity index is 390. The van der Waals surface area contributed by atoms with E-state index < -0.39 is 0 Å². The van der Waals surface area contributed by atoms with E-state index in [0.29, 0.717) is 0 Å². The number of nitrogens with zero attached hydrogens (tertiary/aromatic N) is 1. The van der Waals surface area contributed by atoms with Crippen molar-refractivity contribution in [3.8, 4) is 0 Å². The van der Waals surface area contributed by atoms with Crippen LogP contribution in [0.2, 0.25) is 0 Å². The van der Waals surface area contributed by atoms with Crippen LogP contribution in [0.15, 0.2) is 30.3 Å². The third-order valence-electron chi connectivity index (χ3n) is 3.35. The molecule has 0 bridgehead atoms. The summed E-state index contributed by atoms with van der Waals surface area (Å²) in [6.07, 6.45) is 2.90. The number of amides is 1. The van der Waals surface area contributed by atoms with Crippen molar-refractivity contribution in [3.05, 3.63) is 35.9 Å². The third kappa shape index (κ3) is 1.52. The maximum absolute atomic E-state index is 12.1. The Hall–Kier alpha value is -1.35. The average molecular weight is 217 g/mol. The Kier molecular flexibility index (Phi) is 2.40. The van der Waals surface area contributed by atoms with Crippen LogP contribution in [0.25, 0.3) is 0 Å². The minimum absolute atomic E-state index is 0.0199. The Morgan fingerprint density at radius 3 is 2.75 bits per heavy atom. The molecular formula is C13H15NO2. The maximum atomic E-state index is 12.1. The lowest BCUT2D eigenvalue weighted by atomic mass is 10.1. The quantitative estimate of drug-likeness (QED) is 0.721. The highest BCUT2D eigenvalue weighted by Crippen LogP contribution is 2.34. The molecule has 0 radical (unpaired) electrons. The number of carbonyl (C=O) groups excluding carboxylic acids is 1. The first-order valence-corrected chi connectivity index (χ1v) is 5.87. The molecule has 0 saturated carbocycles. The van der Waals surface area contributed by atoms with Gasteiger partial charge in [-0.2, -0.15) is 0 Å². The van der Waals surface area contributed by atoms with Crippen molar-refractivity contribution in [1.82, 2.24) is 4.90 Å². The molecule has 84 valence electrons. The van der Waals surface area contributed by atoms with Crippen molar-refractivity contribution in [2.24, 2.45) is 0 Å². The lowest BCUT2D eigenvalue weighted by molar-refractivity contribution is -0.131. The predicted octanol–water partition coefficient (Wildman–Crippen LogP) is 2.10. The van der Waals surface area contributed by atoms with Crippen LogP contribution in [0.4, 0.5) is 0 Å². The molecule has 0 aliphatic carbocycles. The zero-order valence-corrected chi connectivity index (χ0v) is 9.13. The van der Waals surface area contributed by atoms with Crippen LogP contribution < -0.4 is 0 Å². The van der Waals surface area contributed by atoms with Crippen LogP contribution in [0.5, 0.6) is 0 Å². The van der Waals surface area contributed by atoms with Crippen LogP contribution in [0, 0.1) is 0 Å². The minimum atomic E-state index is -0.371. The molecule has 0 unspecified atom stereocenters. The van der Waals surface area contributed by atoms with Crippen molar-refractivity contribution in [2.75, 3.05) is 6.54 Å². The second-order valence-corrected chi connectivity index (χ2v) is 4.41. The number of hydrogen-bond donors (Lipinski definition) is 0. The first-order chi connectivity index (χ1) is 7.86. The smallest absolute Gasteiger partial charge is 0.258 e. The Labute approximate surface area is 95.0 Å². The van der Waals surface area contributed by atoms with Gasteiger partial charge in [-0.1, -0.05) is 30.3 Å². The van der Waals surface area contributed by atoms with Crippen molar-refractivity contribution in [3.63, 3.8) is 0 Å². The standard InChI is InChI=1S/C13H15NO2/c15-13-12(10-6-2-1-3-7-10)16-11-8-4-5-9-14(11)13/h1-3,6-7,11-12H,4-5,8-9H2/t11-,12-/m1/s1. The Morgan fingerprint density at radius 1 is 1.19 bits per heavy atom. The van der Waals surface area contributed by atoms with Crippen LogP contribution in [0.1, 0.15) is 30.9 Å². The zero-order chi connectivity index (χ0) is 11.0. The van der Waals surface area contributed by atoms with Gasteiger partial charge >= 0.3 is 0 Å². The summed E-state index contributed by atoms with van der Waals surface area (Å²) in [5.41, 5.74) is 0.974. The molecule has 3 rings (SSSR count). The normalized spacial score (nSPS) is 29.2. The van der Waals surface area contributed by atoms with Crippen molar-refractivity contribution in [1.29, 1.82) is 0 Å². The molecule has 3 nitrogen and oxygen atoms in total. The summed E-state index contributed by atoms with van der Waals surface area (Å²) in [5.74, 6) is 0.135. The van der Waals surface area contributed by atoms with E-state index in [1.807, 2.05) is 35.2 Å². The molecule has 2 saturated heterocycles. The number of hydrogen-bond acceptors (Lipinski definition) is 2. The topological polar surface area (TPSA) is 29.5 Å². The van der Waals surface area contributed by atoms with E-state index in [4.69, 9.17) is 4.74 Å². The lowest BCUT2D eigenvalue weighted by Gasteiger charge is -2.27. The molecule has 1 aromatic rings. The van der Waals surface area contributed by atoms with Crippen LogP contribution in [0.3, 0.4) is 0 Å². The van der Waals surface area contributed by atoms with Gasteiger partial charge in [0.05, 0.1) is 0 Å². The fourth-order valence-electron chi connectivity index (χ4n) is 2.51. The molecule has 0 aromatic heterocycles. The molecular weight excluding hydrogens is 202 g/mol. The maximum Gasteiger partial charge on any atom is 0.258 e. The number of benzene rings is 1. The Morgan fingerprint density at radius 2 is 2.00 bits per heavy atom. The van der Waals surface area contributed by atoms with E-state index in [1.165, 1.54) is 0 Å². The highest BCUT2D eigenvalue weighted by Gasteiger charge is 2.41. The van der Waals surface area contributed by atoms with Gasteiger partial charge in [-0.25, -0.2) is 0 Å². The molecule has 2 atom stereocenters. The average Bonchev–Trinajstić information content (AvgIpc) is 2.69. The van der Waals surface area contributed by atoms with Gasteiger partial charge in [0.2, 0.25) is 0 Å². The lowest BCUT2D eigenvalue weighted by Crippen LogP contribution is -2.37. The Balaban J connectivity index is 1.86. The van der Waals surface area contributed by atoms with Gasteiger partial charge in [0.1, 0.15) is 6.23 Å². The summed E-state index contributed by atoms with van der Waals surface area (Å²) in [6.45, 7) is 0.854. The van der Waals surface area contributed by atoms with Gasteiger partial charge in [0, 0.05) is 6.54 Å². The summed E-state index contributed by atoms with van der Waals surface area (Å²) in [7, 11) is 0. The summed E-state index contributed by atoms with van der Waals surface area (Å²) in [6, 6.07) is 9.77. The van der Waals surface area contributed by atoms with Crippen molar-refractivity contribution < 1.29 is 9.53 Å². The number of rotatable bonds is 1. The van der Waals surface area contributed by atoms with Gasteiger partial charge in [0.15, 0.2) is 6.10 Å². The number of fused-ring (bicyclic) bond motifs is 1. The van der Waals surface area contributed by atoms with Crippen LogP contribution in [-0.2, 0) is 9.53 Å². The first-order valence-electron chi connectivity index (χ1n) is 5.87. The summed E-state index contributed by atoms with van der Waals surface area (Å²) < 4.78 is 5.84. The van der Waals surface area contributed by atoms with Crippen LogP contribution >= 0.6 is 0 Å². The number of carbonyl (C=O) groups is 1. The monoisotopic (exact) mass is 217 g/mol.